The van der Waals surface area contributed by atoms with Crippen molar-refractivity contribution in [3.05, 3.63) is 64.0 Å². The smallest absolute Gasteiger partial charge is 0.311 e. The number of para-hydroxylation sites is 2. The van der Waals surface area contributed by atoms with Crippen LogP contribution in [0.1, 0.15) is 5.56 Å². The van der Waals surface area contributed by atoms with Crippen molar-refractivity contribution >= 4 is 11.5 Å². The van der Waals surface area contributed by atoms with E-state index in [1.807, 2.05) is 0 Å². The van der Waals surface area contributed by atoms with Crippen LogP contribution in [0.15, 0.2) is 47.6 Å². The van der Waals surface area contributed by atoms with Gasteiger partial charge in [0.15, 0.2) is 5.84 Å². The Morgan fingerprint density at radius 1 is 1.29 bits per heavy atom. The lowest BCUT2D eigenvalue weighted by Gasteiger charge is -2.10. The molecule has 0 aliphatic rings. The Kier molecular flexibility index (Phi) is 3.98. The molecule has 0 fully saturated rings. The number of hydrogen-bond acceptors (Lipinski definition) is 5. The summed E-state index contributed by atoms with van der Waals surface area (Å²) in [5.41, 5.74) is 5.16. The molecule has 0 radical (unpaired) electrons. The van der Waals surface area contributed by atoms with Gasteiger partial charge in [0.05, 0.1) is 10.5 Å². The Bertz CT molecular complexity index is 718. The van der Waals surface area contributed by atoms with Gasteiger partial charge in [-0.2, -0.15) is 0 Å². The standard InChI is InChI=1S/C13H10FN3O4/c14-8-5-6-11(9(7-8)13(15)16-18)21-12-4-2-1-3-10(12)17(19)20/h1-7,18H,(H2,15,16). The molecule has 7 nitrogen and oxygen atoms in total. The predicted octanol–water partition coefficient (Wildman–Crippen LogP) is 2.62. The molecule has 21 heavy (non-hydrogen) atoms. The normalized spacial score (nSPS) is 11.2. The Morgan fingerprint density at radius 2 is 2.00 bits per heavy atom. The van der Waals surface area contributed by atoms with Crippen molar-refractivity contribution in [3.8, 4) is 11.5 Å². The first-order chi connectivity index (χ1) is 10.0. The van der Waals surface area contributed by atoms with Crippen LogP contribution in [0.5, 0.6) is 11.5 Å². The summed E-state index contributed by atoms with van der Waals surface area (Å²) < 4.78 is 18.6. The maximum absolute atomic E-state index is 13.2. The van der Waals surface area contributed by atoms with Crippen molar-refractivity contribution in [1.82, 2.24) is 0 Å². The average molecular weight is 291 g/mol. The number of nitrogens with two attached hydrogens (primary N) is 1. The molecule has 108 valence electrons. The third-order valence-corrected chi connectivity index (χ3v) is 2.61. The molecular weight excluding hydrogens is 281 g/mol. The largest absolute Gasteiger partial charge is 0.449 e. The maximum Gasteiger partial charge on any atom is 0.311 e. The van der Waals surface area contributed by atoms with Gasteiger partial charge < -0.3 is 15.7 Å². The molecule has 2 rings (SSSR count). The molecule has 2 aromatic rings. The molecule has 0 unspecified atom stereocenters. The quantitative estimate of drug-likeness (QED) is 0.296. The number of nitrogens with zero attached hydrogens (tertiary/aromatic N) is 2. The highest BCUT2D eigenvalue weighted by Crippen LogP contribution is 2.32. The number of ether oxygens (including phenoxy) is 1. The number of amidine groups is 1. The minimum Gasteiger partial charge on any atom is -0.449 e. The van der Waals surface area contributed by atoms with Crippen LogP contribution in [0.2, 0.25) is 0 Å². The van der Waals surface area contributed by atoms with E-state index in [1.54, 1.807) is 6.07 Å². The van der Waals surface area contributed by atoms with Crippen molar-refractivity contribution in [1.29, 1.82) is 0 Å². The summed E-state index contributed by atoms with van der Waals surface area (Å²) >= 11 is 0. The number of halogens is 1. The summed E-state index contributed by atoms with van der Waals surface area (Å²) in [6, 6.07) is 9.02. The fraction of sp³-hybridized carbons (Fsp3) is 0. The fourth-order valence-electron chi connectivity index (χ4n) is 1.66. The van der Waals surface area contributed by atoms with Gasteiger partial charge in [0.25, 0.3) is 0 Å². The van der Waals surface area contributed by atoms with Gasteiger partial charge >= 0.3 is 5.69 Å². The summed E-state index contributed by atoms with van der Waals surface area (Å²) in [6.07, 6.45) is 0. The Morgan fingerprint density at radius 3 is 2.67 bits per heavy atom. The maximum atomic E-state index is 13.2. The zero-order valence-electron chi connectivity index (χ0n) is 10.6. The van der Waals surface area contributed by atoms with Gasteiger partial charge in [-0.05, 0) is 24.3 Å². The monoisotopic (exact) mass is 291 g/mol. The van der Waals surface area contributed by atoms with Crippen molar-refractivity contribution < 1.29 is 19.3 Å². The topological polar surface area (TPSA) is 111 Å². The van der Waals surface area contributed by atoms with E-state index in [-0.39, 0.29) is 28.6 Å². The second-order valence-electron chi connectivity index (χ2n) is 3.95. The lowest BCUT2D eigenvalue weighted by Crippen LogP contribution is -2.14. The first kappa shape index (κ1) is 14.3. The van der Waals surface area contributed by atoms with Crippen molar-refractivity contribution in [2.24, 2.45) is 10.9 Å². The summed E-state index contributed by atoms with van der Waals surface area (Å²) in [4.78, 5) is 10.3. The van der Waals surface area contributed by atoms with Crippen LogP contribution in [-0.2, 0) is 0 Å². The van der Waals surface area contributed by atoms with Gasteiger partial charge in [0, 0.05) is 6.07 Å². The van der Waals surface area contributed by atoms with E-state index in [9.17, 15) is 14.5 Å². The summed E-state index contributed by atoms with van der Waals surface area (Å²) in [7, 11) is 0. The molecule has 2 aromatic carbocycles. The second-order valence-corrected chi connectivity index (χ2v) is 3.95. The first-order valence-corrected chi connectivity index (χ1v) is 5.71. The van der Waals surface area contributed by atoms with Crippen LogP contribution in [0, 0.1) is 15.9 Å². The molecule has 0 aliphatic heterocycles. The number of rotatable bonds is 4. The van der Waals surface area contributed by atoms with Crippen molar-refractivity contribution in [2.75, 3.05) is 0 Å². The lowest BCUT2D eigenvalue weighted by atomic mass is 10.1. The molecule has 0 amide bonds. The van der Waals surface area contributed by atoms with E-state index in [4.69, 9.17) is 15.7 Å². The second kappa shape index (κ2) is 5.87. The fourth-order valence-corrected chi connectivity index (χ4v) is 1.66. The van der Waals surface area contributed by atoms with Crippen LogP contribution in [-0.4, -0.2) is 16.0 Å². The number of hydrogen-bond donors (Lipinski definition) is 2. The van der Waals surface area contributed by atoms with Crippen molar-refractivity contribution in [3.63, 3.8) is 0 Å². The third-order valence-electron chi connectivity index (χ3n) is 2.61. The van der Waals surface area contributed by atoms with Gasteiger partial charge in [0.1, 0.15) is 11.6 Å². The van der Waals surface area contributed by atoms with Crippen LogP contribution in [0.25, 0.3) is 0 Å². The van der Waals surface area contributed by atoms with E-state index in [1.165, 1.54) is 24.3 Å². The summed E-state index contributed by atoms with van der Waals surface area (Å²) in [5, 5.41) is 22.4. The molecular formula is C13H10FN3O4. The molecule has 0 spiro atoms. The molecule has 0 heterocycles. The molecule has 0 atom stereocenters. The van der Waals surface area contributed by atoms with Gasteiger partial charge in [-0.3, -0.25) is 10.1 Å². The van der Waals surface area contributed by atoms with E-state index in [0.29, 0.717) is 0 Å². The average Bonchev–Trinajstić information content (AvgIpc) is 2.48. The first-order valence-electron chi connectivity index (χ1n) is 5.71. The minimum absolute atomic E-state index is 0.0179. The van der Waals surface area contributed by atoms with E-state index < -0.39 is 10.7 Å². The van der Waals surface area contributed by atoms with E-state index >= 15 is 0 Å². The number of benzene rings is 2. The molecule has 0 bridgehead atoms. The van der Waals surface area contributed by atoms with E-state index in [2.05, 4.69) is 5.16 Å². The Balaban J connectivity index is 2.48. The SMILES string of the molecule is NC(=NO)c1cc(F)ccc1Oc1ccccc1[N+](=O)[O-]. The summed E-state index contributed by atoms with van der Waals surface area (Å²) in [5.74, 6) is -1.00. The van der Waals surface area contributed by atoms with Crippen LogP contribution in [0.4, 0.5) is 10.1 Å². The number of nitro benzene ring substituents is 1. The molecule has 0 aromatic heterocycles. The van der Waals surface area contributed by atoms with Crippen molar-refractivity contribution in [2.45, 2.75) is 0 Å². The zero-order chi connectivity index (χ0) is 15.4. The van der Waals surface area contributed by atoms with Crippen LogP contribution in [0.3, 0.4) is 0 Å². The van der Waals surface area contributed by atoms with E-state index in [0.717, 1.165) is 12.1 Å². The van der Waals surface area contributed by atoms with Gasteiger partial charge in [-0.25, -0.2) is 4.39 Å². The highest BCUT2D eigenvalue weighted by molar-refractivity contribution is 5.99. The Hall–Kier alpha value is -3.16. The predicted molar refractivity (Wildman–Crippen MR) is 72.1 cm³/mol. The number of nitro groups is 1. The van der Waals surface area contributed by atoms with Crippen LogP contribution >= 0.6 is 0 Å². The third kappa shape index (κ3) is 3.06. The lowest BCUT2D eigenvalue weighted by molar-refractivity contribution is -0.385. The highest BCUT2D eigenvalue weighted by Gasteiger charge is 2.17. The zero-order valence-corrected chi connectivity index (χ0v) is 10.6. The van der Waals surface area contributed by atoms with Gasteiger partial charge in [0.2, 0.25) is 5.75 Å². The van der Waals surface area contributed by atoms with Crippen LogP contribution < -0.4 is 10.5 Å². The van der Waals surface area contributed by atoms with Gasteiger partial charge in [-0.1, -0.05) is 17.3 Å². The molecule has 8 heteroatoms. The minimum atomic E-state index is -0.619. The van der Waals surface area contributed by atoms with Gasteiger partial charge in [-0.15, -0.1) is 0 Å². The molecule has 0 saturated carbocycles. The summed E-state index contributed by atoms with van der Waals surface area (Å²) in [6.45, 7) is 0. The Labute approximate surface area is 118 Å². The molecule has 0 aliphatic carbocycles. The molecule has 0 saturated heterocycles. The highest BCUT2D eigenvalue weighted by atomic mass is 19.1. The number of oxime groups is 1. The molecule has 3 N–H and O–H groups in total.